The minimum absolute atomic E-state index is 0.359. The monoisotopic (exact) mass is 716 g/mol. The van der Waals surface area contributed by atoms with Gasteiger partial charge in [0.15, 0.2) is 0 Å². The van der Waals surface area contributed by atoms with Gasteiger partial charge in [0, 0.05) is 39.5 Å². The molecule has 1 fully saturated rings. The van der Waals surface area contributed by atoms with Crippen LogP contribution in [0.5, 0.6) is 0 Å². The molecular formula is C37H34Cl2N4O3S2. The van der Waals surface area contributed by atoms with Gasteiger partial charge in [0.2, 0.25) is 5.88 Å². The number of thioether (sulfide) groups is 1. The van der Waals surface area contributed by atoms with Gasteiger partial charge in [-0.05, 0) is 84.0 Å². The number of nitrogens with one attached hydrogen (secondary N) is 1. The summed E-state index contributed by atoms with van der Waals surface area (Å²) >= 11 is 14.7. The third-order valence-electron chi connectivity index (χ3n) is 8.79. The van der Waals surface area contributed by atoms with E-state index in [0.29, 0.717) is 33.5 Å². The summed E-state index contributed by atoms with van der Waals surface area (Å²) in [5.41, 5.74) is 5.82. The Labute approximate surface area is 295 Å². The number of halogens is 2. The fourth-order valence-electron chi connectivity index (χ4n) is 6.28. The predicted molar refractivity (Wildman–Crippen MR) is 196 cm³/mol. The molecule has 11 heteroatoms. The predicted octanol–water partition coefficient (Wildman–Crippen LogP) is 9.79. The van der Waals surface area contributed by atoms with Crippen LogP contribution in [0.4, 0.5) is 5.69 Å². The largest absolute Gasteiger partial charge is 0.493 e. The van der Waals surface area contributed by atoms with Crippen LogP contribution in [-0.2, 0) is 16.6 Å². The molecule has 7 rings (SSSR count). The number of anilines is 1. The maximum Gasteiger partial charge on any atom is 0.330 e. The zero-order valence-corrected chi connectivity index (χ0v) is 29.2. The lowest BCUT2D eigenvalue weighted by Gasteiger charge is -2.20. The van der Waals surface area contributed by atoms with E-state index in [1.807, 2.05) is 34.7 Å². The second-order valence-corrected chi connectivity index (χ2v) is 15.7. The molecule has 0 bridgehead atoms. The Morgan fingerprint density at radius 2 is 1.58 bits per heavy atom. The maximum absolute atomic E-state index is 12.6. The summed E-state index contributed by atoms with van der Waals surface area (Å²) in [6.07, 6.45) is 10.4. The van der Waals surface area contributed by atoms with Gasteiger partial charge in [0.05, 0.1) is 22.6 Å². The molecule has 246 valence electrons. The number of aliphatic hydroxyl groups is 1. The van der Waals surface area contributed by atoms with E-state index in [1.54, 1.807) is 30.3 Å². The third kappa shape index (κ3) is 7.25. The summed E-state index contributed by atoms with van der Waals surface area (Å²) in [7, 11) is -3.95. The van der Waals surface area contributed by atoms with Gasteiger partial charge in [-0.1, -0.05) is 84.9 Å². The van der Waals surface area contributed by atoms with E-state index in [9.17, 15) is 13.5 Å². The summed E-state index contributed by atoms with van der Waals surface area (Å²) in [4.78, 5) is 6.31. The van der Waals surface area contributed by atoms with Crippen LogP contribution in [0.25, 0.3) is 28.1 Å². The van der Waals surface area contributed by atoms with Gasteiger partial charge in [-0.25, -0.2) is 14.0 Å². The molecule has 0 radical (unpaired) electrons. The number of hydrogen-bond acceptors (Lipinski definition) is 5. The molecule has 4 aromatic carbocycles. The minimum Gasteiger partial charge on any atom is -0.493 e. The van der Waals surface area contributed by atoms with Gasteiger partial charge in [0.25, 0.3) is 0 Å². The molecule has 48 heavy (non-hydrogen) atoms. The van der Waals surface area contributed by atoms with Crippen molar-refractivity contribution in [2.24, 2.45) is 5.92 Å². The third-order valence-corrected chi connectivity index (χ3v) is 11.9. The maximum atomic E-state index is 12.6. The van der Waals surface area contributed by atoms with Gasteiger partial charge in [-0.2, -0.15) is 8.42 Å². The molecule has 0 saturated heterocycles. The average molecular weight is 718 g/mol. The van der Waals surface area contributed by atoms with E-state index in [1.165, 1.54) is 48.3 Å². The summed E-state index contributed by atoms with van der Waals surface area (Å²) in [5, 5.41) is 10.8. The van der Waals surface area contributed by atoms with Gasteiger partial charge in [-0.15, -0.1) is 11.8 Å². The van der Waals surface area contributed by atoms with Crippen LogP contribution in [0.15, 0.2) is 114 Å². The first-order valence-corrected chi connectivity index (χ1v) is 19.1. The van der Waals surface area contributed by atoms with E-state index >= 15 is 0 Å². The Kier molecular flexibility index (Phi) is 9.47. The van der Waals surface area contributed by atoms with Crippen molar-refractivity contribution in [3.8, 4) is 28.1 Å². The molecule has 2 aliphatic rings. The highest BCUT2D eigenvalue weighted by molar-refractivity contribution is 7.99. The quantitative estimate of drug-likeness (QED) is 0.148. The molecule has 2 N–H and O–H groups in total. The Morgan fingerprint density at radius 3 is 2.27 bits per heavy atom. The number of hydrogen-bond donors (Lipinski definition) is 2. The Bertz CT molecular complexity index is 2070. The van der Waals surface area contributed by atoms with Crippen LogP contribution in [-0.4, -0.2) is 28.8 Å². The number of nitrogens with zero attached hydrogens (tertiary/aromatic N) is 3. The molecule has 1 aliphatic carbocycles. The Balaban J connectivity index is 1.15. The van der Waals surface area contributed by atoms with Gasteiger partial charge in [0.1, 0.15) is 5.82 Å². The zero-order valence-electron chi connectivity index (χ0n) is 26.0. The fourth-order valence-corrected chi connectivity index (χ4v) is 8.92. The number of aromatic nitrogens is 2. The normalized spacial score (nSPS) is 16.1. The van der Waals surface area contributed by atoms with Crippen LogP contribution in [0.1, 0.15) is 43.5 Å². The second kappa shape index (κ2) is 13.9. The molecule has 0 spiro atoms. The molecule has 7 nitrogen and oxygen atoms in total. The molecule has 1 aliphatic heterocycles. The van der Waals surface area contributed by atoms with Crippen molar-refractivity contribution in [1.82, 2.24) is 14.3 Å². The fraction of sp³-hybridized carbons (Fsp3) is 0.216. The number of aliphatic hydroxyl groups excluding tert-OH is 1. The Hall–Kier alpha value is -3.89. The average Bonchev–Trinajstić information content (AvgIpc) is 3.63. The lowest BCUT2D eigenvalue weighted by molar-refractivity contribution is 0.391. The van der Waals surface area contributed by atoms with Crippen molar-refractivity contribution < 1.29 is 13.5 Å². The summed E-state index contributed by atoms with van der Waals surface area (Å²) in [5.74, 6) is 2.34. The molecule has 1 aromatic heterocycles. The van der Waals surface area contributed by atoms with E-state index < -0.39 is 16.1 Å². The first-order valence-electron chi connectivity index (χ1n) is 15.9. The molecule has 2 heterocycles. The SMILES string of the molecule is O=S1(=O)NC(O)=CN1c1cccc(-n2cc(-c3ccc(Cl)cc3Cl)nc2Cc2ccc(-c3ccc(SCC4CCCCC4)cc3)cc2)c1. The number of benzene rings is 4. The standard InChI is InChI=1S/C37H34Cl2N4O3S2/c38-29-15-18-33(34(39)20-29)35-22-42(30-7-4-8-31(21-30)43-23-37(44)41-48(43,45)46)36(40-35)19-25-9-11-27(12-10-25)28-13-16-32(17-14-28)47-24-26-5-2-1-3-6-26/h4,7-18,20-23,26,41,44H,1-3,5-6,19,24H2. The lowest BCUT2D eigenvalue weighted by atomic mass is 9.91. The number of rotatable bonds is 9. The van der Waals surface area contributed by atoms with Crippen LogP contribution < -0.4 is 9.03 Å². The van der Waals surface area contributed by atoms with Crippen LogP contribution in [0.2, 0.25) is 10.0 Å². The van der Waals surface area contributed by atoms with Crippen molar-refractivity contribution in [3.05, 3.63) is 131 Å². The van der Waals surface area contributed by atoms with Gasteiger partial charge in [-0.3, -0.25) is 0 Å². The molecule has 0 atom stereocenters. The summed E-state index contributed by atoms with van der Waals surface area (Å²) < 4.78 is 30.2. The van der Waals surface area contributed by atoms with E-state index in [4.69, 9.17) is 28.2 Å². The van der Waals surface area contributed by atoms with Crippen molar-refractivity contribution >= 4 is 50.9 Å². The zero-order chi connectivity index (χ0) is 33.3. The minimum atomic E-state index is -3.95. The van der Waals surface area contributed by atoms with E-state index in [2.05, 4.69) is 53.3 Å². The van der Waals surface area contributed by atoms with Crippen molar-refractivity contribution in [1.29, 1.82) is 0 Å². The van der Waals surface area contributed by atoms with Crippen molar-refractivity contribution in [3.63, 3.8) is 0 Å². The molecule has 0 unspecified atom stereocenters. The van der Waals surface area contributed by atoms with Gasteiger partial charge >= 0.3 is 10.2 Å². The smallest absolute Gasteiger partial charge is 0.330 e. The topological polar surface area (TPSA) is 87.5 Å². The van der Waals surface area contributed by atoms with Gasteiger partial charge < -0.3 is 9.67 Å². The summed E-state index contributed by atoms with van der Waals surface area (Å²) in [6, 6.07) is 29.7. The van der Waals surface area contributed by atoms with Crippen molar-refractivity contribution in [2.45, 2.75) is 43.4 Å². The first kappa shape index (κ1) is 32.6. The summed E-state index contributed by atoms with van der Waals surface area (Å²) in [6.45, 7) is 0. The molecule has 1 saturated carbocycles. The molecular weight excluding hydrogens is 683 g/mol. The lowest BCUT2D eigenvalue weighted by Crippen LogP contribution is -2.29. The second-order valence-electron chi connectivity index (χ2n) is 12.2. The highest BCUT2D eigenvalue weighted by Gasteiger charge is 2.29. The highest BCUT2D eigenvalue weighted by atomic mass is 35.5. The molecule has 5 aromatic rings. The first-order chi connectivity index (χ1) is 23.2. The van der Waals surface area contributed by atoms with Crippen molar-refractivity contribution in [2.75, 3.05) is 10.1 Å². The number of imidazole rings is 1. The molecule has 0 amide bonds. The van der Waals surface area contributed by atoms with Crippen LogP contribution in [0, 0.1) is 5.92 Å². The van der Waals surface area contributed by atoms with Crippen LogP contribution in [0.3, 0.4) is 0 Å². The van der Waals surface area contributed by atoms with E-state index in [0.717, 1.165) is 38.9 Å². The van der Waals surface area contributed by atoms with Crippen LogP contribution >= 0.6 is 35.0 Å². The highest BCUT2D eigenvalue weighted by Crippen LogP contribution is 2.34. The Morgan fingerprint density at radius 1 is 0.875 bits per heavy atom. The van der Waals surface area contributed by atoms with E-state index in [-0.39, 0.29) is 0 Å².